The van der Waals surface area contributed by atoms with Gasteiger partial charge in [0.05, 0.1) is 6.54 Å². The molecule has 7 nitrogen and oxygen atoms in total. The molecule has 0 atom stereocenters. The molecule has 2 rings (SSSR count). The molecule has 1 aliphatic heterocycles. The number of benzene rings is 1. The fraction of sp³-hybridized carbons (Fsp3) is 0.579. The highest BCUT2D eigenvalue weighted by Crippen LogP contribution is 2.19. The van der Waals surface area contributed by atoms with E-state index in [-0.39, 0.29) is 23.9 Å². The predicted octanol–water partition coefficient (Wildman–Crippen LogP) is 1.72. The van der Waals surface area contributed by atoms with Crippen LogP contribution in [0.4, 0.5) is 16.2 Å². The van der Waals surface area contributed by atoms with E-state index in [1.54, 1.807) is 0 Å². The van der Waals surface area contributed by atoms with E-state index in [2.05, 4.69) is 32.8 Å². The van der Waals surface area contributed by atoms with Gasteiger partial charge in [-0.25, -0.2) is 4.79 Å². The lowest BCUT2D eigenvalue weighted by Crippen LogP contribution is -2.44. The van der Waals surface area contributed by atoms with Crippen molar-refractivity contribution in [2.24, 2.45) is 5.41 Å². The summed E-state index contributed by atoms with van der Waals surface area (Å²) in [7, 11) is 2.13. The van der Waals surface area contributed by atoms with Crippen molar-refractivity contribution in [3.05, 3.63) is 24.3 Å². The number of rotatable bonds is 5. The highest BCUT2D eigenvalue weighted by Gasteiger charge is 2.15. The number of likely N-dealkylation sites (N-methyl/N-ethyl adjacent to an activating group) is 1. The number of amides is 3. The number of nitrogens with zero attached hydrogens (tertiary/aromatic N) is 2. The van der Waals surface area contributed by atoms with E-state index in [0.717, 1.165) is 37.6 Å². The van der Waals surface area contributed by atoms with Crippen LogP contribution in [-0.2, 0) is 4.79 Å². The SMILES string of the molecule is CN1CCN(c2ccc(NC(=O)CNC(=O)NCC(C)(C)C)cc2)CC1. The van der Waals surface area contributed by atoms with Crippen molar-refractivity contribution in [2.45, 2.75) is 20.8 Å². The summed E-state index contributed by atoms with van der Waals surface area (Å²) in [4.78, 5) is 28.3. The molecule has 3 N–H and O–H groups in total. The maximum absolute atomic E-state index is 12.0. The Hall–Kier alpha value is -2.28. The van der Waals surface area contributed by atoms with Crippen LogP contribution in [0, 0.1) is 5.41 Å². The van der Waals surface area contributed by atoms with E-state index in [0.29, 0.717) is 6.54 Å². The molecule has 0 aliphatic carbocycles. The molecule has 1 aromatic carbocycles. The summed E-state index contributed by atoms with van der Waals surface area (Å²) in [5.74, 6) is -0.247. The standard InChI is InChI=1S/C19H31N5O2/c1-19(2,3)14-21-18(26)20-13-17(25)22-15-5-7-16(8-6-15)24-11-9-23(4)10-12-24/h5-8H,9-14H2,1-4H3,(H,22,25)(H2,20,21,26). The van der Waals surface area contributed by atoms with E-state index < -0.39 is 0 Å². The van der Waals surface area contributed by atoms with Gasteiger partial charge >= 0.3 is 6.03 Å². The van der Waals surface area contributed by atoms with Gasteiger partial charge in [0.15, 0.2) is 0 Å². The van der Waals surface area contributed by atoms with Crippen molar-refractivity contribution in [1.82, 2.24) is 15.5 Å². The number of urea groups is 1. The normalized spacial score (nSPS) is 15.5. The van der Waals surface area contributed by atoms with Gasteiger partial charge in [-0.2, -0.15) is 0 Å². The molecule has 1 aliphatic rings. The summed E-state index contributed by atoms with van der Waals surface area (Å²) >= 11 is 0. The molecule has 0 bridgehead atoms. The van der Waals surface area contributed by atoms with Crippen LogP contribution in [0.2, 0.25) is 0 Å². The van der Waals surface area contributed by atoms with Crippen molar-refractivity contribution in [3.63, 3.8) is 0 Å². The number of carbonyl (C=O) groups is 2. The van der Waals surface area contributed by atoms with Crippen LogP contribution in [0.3, 0.4) is 0 Å². The highest BCUT2D eigenvalue weighted by atomic mass is 16.2. The molecule has 1 heterocycles. The molecule has 144 valence electrons. The van der Waals surface area contributed by atoms with Gasteiger partial charge in [-0.15, -0.1) is 0 Å². The topological polar surface area (TPSA) is 76.7 Å². The van der Waals surface area contributed by atoms with Crippen LogP contribution in [0.1, 0.15) is 20.8 Å². The average Bonchev–Trinajstić information content (AvgIpc) is 2.59. The Morgan fingerprint density at radius 3 is 2.19 bits per heavy atom. The Balaban J connectivity index is 1.74. The van der Waals surface area contributed by atoms with Crippen LogP contribution in [-0.4, -0.2) is 63.2 Å². The summed E-state index contributed by atoms with van der Waals surface area (Å²) in [6, 6.07) is 7.49. The van der Waals surface area contributed by atoms with E-state index in [1.165, 1.54) is 0 Å². The molecule has 3 amide bonds. The quantitative estimate of drug-likeness (QED) is 0.746. The van der Waals surface area contributed by atoms with Crippen LogP contribution in [0.25, 0.3) is 0 Å². The second-order valence-corrected chi connectivity index (χ2v) is 7.98. The second-order valence-electron chi connectivity index (χ2n) is 7.98. The first-order chi connectivity index (χ1) is 12.2. The van der Waals surface area contributed by atoms with Gasteiger partial charge in [-0.05, 0) is 36.7 Å². The first-order valence-electron chi connectivity index (χ1n) is 9.08. The number of hydrogen-bond acceptors (Lipinski definition) is 4. The molecule has 0 saturated carbocycles. The Bertz CT molecular complexity index is 601. The molecular weight excluding hydrogens is 330 g/mol. The van der Waals surface area contributed by atoms with Gasteiger partial charge in [0.1, 0.15) is 0 Å². The molecule has 0 unspecified atom stereocenters. The molecule has 0 aromatic heterocycles. The molecule has 26 heavy (non-hydrogen) atoms. The zero-order valence-corrected chi connectivity index (χ0v) is 16.3. The number of hydrogen-bond donors (Lipinski definition) is 3. The van der Waals surface area contributed by atoms with Gasteiger partial charge in [0.25, 0.3) is 0 Å². The third kappa shape index (κ3) is 6.92. The number of carbonyl (C=O) groups excluding carboxylic acids is 2. The predicted molar refractivity (Wildman–Crippen MR) is 106 cm³/mol. The second kappa shape index (κ2) is 8.89. The minimum Gasteiger partial charge on any atom is -0.369 e. The maximum Gasteiger partial charge on any atom is 0.315 e. The molecule has 1 aromatic rings. The van der Waals surface area contributed by atoms with Crippen LogP contribution in [0.5, 0.6) is 0 Å². The zero-order valence-electron chi connectivity index (χ0n) is 16.3. The summed E-state index contributed by atoms with van der Waals surface area (Å²) < 4.78 is 0. The van der Waals surface area contributed by atoms with Gasteiger partial charge < -0.3 is 25.8 Å². The van der Waals surface area contributed by atoms with E-state index >= 15 is 0 Å². The molecule has 0 spiro atoms. The minimum atomic E-state index is -0.333. The zero-order chi connectivity index (χ0) is 19.2. The van der Waals surface area contributed by atoms with Crippen molar-refractivity contribution < 1.29 is 9.59 Å². The summed E-state index contributed by atoms with van der Waals surface area (Å²) in [6.07, 6.45) is 0. The number of nitrogens with one attached hydrogen (secondary N) is 3. The number of piperazine rings is 1. The largest absolute Gasteiger partial charge is 0.369 e. The van der Waals surface area contributed by atoms with Gasteiger partial charge in [0.2, 0.25) is 5.91 Å². The molecule has 7 heteroatoms. The smallest absolute Gasteiger partial charge is 0.315 e. The van der Waals surface area contributed by atoms with E-state index in [9.17, 15) is 9.59 Å². The van der Waals surface area contributed by atoms with E-state index in [4.69, 9.17) is 0 Å². The van der Waals surface area contributed by atoms with Gasteiger partial charge in [0, 0.05) is 44.1 Å². The van der Waals surface area contributed by atoms with E-state index in [1.807, 2.05) is 45.0 Å². The summed E-state index contributed by atoms with van der Waals surface area (Å²) in [6.45, 7) is 10.7. The summed E-state index contributed by atoms with van der Waals surface area (Å²) in [5, 5.41) is 8.12. The van der Waals surface area contributed by atoms with Crippen LogP contribution >= 0.6 is 0 Å². The van der Waals surface area contributed by atoms with Gasteiger partial charge in [-0.1, -0.05) is 20.8 Å². The van der Waals surface area contributed by atoms with Crippen molar-refractivity contribution in [2.75, 3.05) is 56.5 Å². The molecule has 1 saturated heterocycles. The lowest BCUT2D eigenvalue weighted by molar-refractivity contribution is -0.115. The Morgan fingerprint density at radius 1 is 1.00 bits per heavy atom. The van der Waals surface area contributed by atoms with Crippen LogP contribution in [0.15, 0.2) is 24.3 Å². The fourth-order valence-electron chi connectivity index (χ4n) is 2.59. The lowest BCUT2D eigenvalue weighted by Gasteiger charge is -2.34. The average molecular weight is 361 g/mol. The molecule has 0 radical (unpaired) electrons. The minimum absolute atomic E-state index is 0.00508. The fourth-order valence-corrected chi connectivity index (χ4v) is 2.59. The van der Waals surface area contributed by atoms with Gasteiger partial charge in [-0.3, -0.25) is 4.79 Å². The summed E-state index contributed by atoms with van der Waals surface area (Å²) in [5.41, 5.74) is 1.89. The highest BCUT2D eigenvalue weighted by molar-refractivity contribution is 5.94. The molecule has 1 fully saturated rings. The Morgan fingerprint density at radius 2 is 1.62 bits per heavy atom. The monoisotopic (exact) mass is 361 g/mol. The Labute approximate surface area is 156 Å². The third-order valence-electron chi connectivity index (χ3n) is 4.21. The third-order valence-corrected chi connectivity index (χ3v) is 4.21. The first kappa shape index (κ1) is 20.0. The maximum atomic E-state index is 12.0. The Kier molecular flexibility index (Phi) is 6.85. The lowest BCUT2D eigenvalue weighted by atomic mass is 9.97. The molecular formula is C19H31N5O2. The first-order valence-corrected chi connectivity index (χ1v) is 9.08. The van der Waals surface area contributed by atoms with Crippen LogP contribution < -0.4 is 20.9 Å². The number of anilines is 2. The van der Waals surface area contributed by atoms with Crippen molar-refractivity contribution in [1.29, 1.82) is 0 Å². The van der Waals surface area contributed by atoms with Crippen molar-refractivity contribution in [3.8, 4) is 0 Å². The van der Waals surface area contributed by atoms with Crippen molar-refractivity contribution >= 4 is 23.3 Å².